The number of amides is 5. The van der Waals surface area contributed by atoms with Crippen LogP contribution in [0.5, 0.6) is 5.75 Å². The Morgan fingerprint density at radius 3 is 2.03 bits per heavy atom. The maximum Gasteiger partial charge on any atom is 0.339 e. The zero-order valence-corrected chi connectivity index (χ0v) is 16.3. The fraction of sp³-hybridized carbons (Fsp3) is 0.0526. The number of nitrogens with one attached hydrogen (secondary N) is 3. The summed E-state index contributed by atoms with van der Waals surface area (Å²) in [6, 6.07) is 10.1. The van der Waals surface area contributed by atoms with Gasteiger partial charge in [0.15, 0.2) is 0 Å². The Balaban J connectivity index is 1.74. The van der Waals surface area contributed by atoms with E-state index in [2.05, 4.69) is 5.32 Å². The third-order valence-corrected chi connectivity index (χ3v) is 5.07. The van der Waals surface area contributed by atoms with Crippen LogP contribution in [0.4, 0.5) is 10.5 Å². The molecule has 3 N–H and O–H groups in total. The number of benzene rings is 2. The first kappa shape index (κ1) is 20.7. The molecule has 0 saturated carbocycles. The van der Waals surface area contributed by atoms with Crippen LogP contribution in [0.1, 0.15) is 12.5 Å². The lowest BCUT2D eigenvalue weighted by molar-refractivity contribution is -0.124. The Labute approximate surface area is 171 Å². The first-order chi connectivity index (χ1) is 14.1. The van der Waals surface area contributed by atoms with E-state index in [1.54, 1.807) is 0 Å². The normalized spacial score (nSPS) is 13.9. The predicted molar refractivity (Wildman–Crippen MR) is 105 cm³/mol. The molecule has 1 fully saturated rings. The molecule has 2 aromatic rings. The quantitative estimate of drug-likeness (QED) is 0.367. The highest BCUT2D eigenvalue weighted by Gasteiger charge is 2.27. The van der Waals surface area contributed by atoms with E-state index in [1.165, 1.54) is 61.5 Å². The molecule has 11 heteroatoms. The molecule has 30 heavy (non-hydrogen) atoms. The Morgan fingerprint density at radius 1 is 0.933 bits per heavy atom. The van der Waals surface area contributed by atoms with Gasteiger partial charge in [0.1, 0.15) is 16.2 Å². The lowest BCUT2D eigenvalue weighted by Gasteiger charge is -2.14. The van der Waals surface area contributed by atoms with Gasteiger partial charge < -0.3 is 9.50 Å². The summed E-state index contributed by atoms with van der Waals surface area (Å²) >= 11 is 0. The molecule has 1 aliphatic rings. The van der Waals surface area contributed by atoms with Crippen molar-refractivity contribution in [3.05, 3.63) is 59.7 Å². The van der Waals surface area contributed by atoms with Crippen molar-refractivity contribution >= 4 is 45.6 Å². The molecule has 1 aliphatic heterocycles. The molecule has 1 heterocycles. The number of hydrogen-bond acceptors (Lipinski definition) is 7. The Morgan fingerprint density at radius 2 is 1.50 bits per heavy atom. The van der Waals surface area contributed by atoms with Crippen LogP contribution in [-0.2, 0) is 24.5 Å². The maximum absolute atomic E-state index is 12.4. The van der Waals surface area contributed by atoms with Gasteiger partial charge in [0, 0.05) is 12.6 Å². The topological polar surface area (TPSA) is 148 Å². The second-order valence-corrected chi connectivity index (χ2v) is 7.65. The number of carbonyl (C=O) groups is 4. The van der Waals surface area contributed by atoms with Gasteiger partial charge in [0.05, 0.1) is 0 Å². The molecule has 0 atom stereocenters. The molecule has 3 rings (SSSR count). The van der Waals surface area contributed by atoms with E-state index in [4.69, 9.17) is 4.18 Å². The third kappa shape index (κ3) is 4.89. The molecule has 2 aromatic carbocycles. The second-order valence-electron chi connectivity index (χ2n) is 6.11. The maximum atomic E-state index is 12.4. The van der Waals surface area contributed by atoms with Crippen LogP contribution in [0, 0.1) is 0 Å². The molecule has 0 unspecified atom stereocenters. The SMILES string of the molecule is CC(=O)Nc1ccc(S(=O)(=O)Oc2ccc(C=C3C(=O)NC(=O)NC3=O)cc2)cc1. The third-order valence-electron chi connectivity index (χ3n) is 3.80. The minimum atomic E-state index is -4.12. The molecule has 5 amide bonds. The largest absolute Gasteiger partial charge is 0.379 e. The molecule has 0 spiro atoms. The van der Waals surface area contributed by atoms with Gasteiger partial charge in [-0.2, -0.15) is 8.42 Å². The summed E-state index contributed by atoms with van der Waals surface area (Å²) in [7, 11) is -4.12. The van der Waals surface area contributed by atoms with Crippen molar-refractivity contribution in [1.82, 2.24) is 10.6 Å². The predicted octanol–water partition coefficient (Wildman–Crippen LogP) is 1.16. The average molecular weight is 429 g/mol. The number of hydrogen-bond donors (Lipinski definition) is 3. The van der Waals surface area contributed by atoms with Crippen molar-refractivity contribution in [2.24, 2.45) is 0 Å². The number of carbonyl (C=O) groups excluding carboxylic acids is 4. The van der Waals surface area contributed by atoms with Crippen LogP contribution in [0.15, 0.2) is 59.0 Å². The first-order valence-electron chi connectivity index (χ1n) is 8.44. The standard InChI is InChI=1S/C19H15N3O7S/c1-11(23)20-13-4-8-15(9-5-13)30(27,28)29-14-6-2-12(3-7-14)10-16-17(24)21-19(26)22-18(16)25/h2-10H,1H3,(H,20,23)(H2,21,22,24,25,26). The van der Waals surface area contributed by atoms with Crippen molar-refractivity contribution in [3.63, 3.8) is 0 Å². The van der Waals surface area contributed by atoms with Crippen LogP contribution in [0.25, 0.3) is 6.08 Å². The molecular weight excluding hydrogens is 414 g/mol. The lowest BCUT2D eigenvalue weighted by atomic mass is 10.1. The summed E-state index contributed by atoms with van der Waals surface area (Å²) in [6.45, 7) is 1.33. The van der Waals surface area contributed by atoms with Gasteiger partial charge in [0.25, 0.3) is 11.8 Å². The highest BCUT2D eigenvalue weighted by molar-refractivity contribution is 7.87. The van der Waals surface area contributed by atoms with Gasteiger partial charge in [-0.1, -0.05) is 12.1 Å². The lowest BCUT2D eigenvalue weighted by Crippen LogP contribution is -2.51. The number of barbiturate groups is 1. The Kier molecular flexibility index (Phi) is 5.65. The van der Waals surface area contributed by atoms with E-state index in [0.717, 1.165) is 0 Å². The highest BCUT2D eigenvalue weighted by Crippen LogP contribution is 2.21. The van der Waals surface area contributed by atoms with Crippen molar-refractivity contribution < 1.29 is 31.8 Å². The van der Waals surface area contributed by atoms with E-state index < -0.39 is 28.0 Å². The van der Waals surface area contributed by atoms with Crippen LogP contribution < -0.4 is 20.1 Å². The zero-order chi connectivity index (χ0) is 21.9. The van der Waals surface area contributed by atoms with Gasteiger partial charge >= 0.3 is 16.1 Å². The fourth-order valence-electron chi connectivity index (χ4n) is 2.48. The van der Waals surface area contributed by atoms with Gasteiger partial charge in [-0.3, -0.25) is 25.0 Å². The molecule has 154 valence electrons. The summed E-state index contributed by atoms with van der Waals surface area (Å²) in [6.07, 6.45) is 1.25. The number of anilines is 1. The number of rotatable bonds is 5. The van der Waals surface area contributed by atoms with E-state index in [9.17, 15) is 27.6 Å². The molecule has 0 radical (unpaired) electrons. The summed E-state index contributed by atoms with van der Waals surface area (Å²) in [5, 5.41) is 6.43. The van der Waals surface area contributed by atoms with Crippen molar-refractivity contribution in [1.29, 1.82) is 0 Å². The molecule has 0 aliphatic carbocycles. The van der Waals surface area contributed by atoms with Crippen LogP contribution >= 0.6 is 0 Å². The van der Waals surface area contributed by atoms with E-state index in [0.29, 0.717) is 11.3 Å². The average Bonchev–Trinajstić information content (AvgIpc) is 2.65. The molecule has 1 saturated heterocycles. The summed E-state index contributed by atoms with van der Waals surface area (Å²) in [5.41, 5.74) is 0.584. The van der Waals surface area contributed by atoms with Crippen LogP contribution in [-0.4, -0.2) is 32.2 Å². The highest BCUT2D eigenvalue weighted by atomic mass is 32.2. The Hall–Kier alpha value is -3.99. The van der Waals surface area contributed by atoms with Crippen molar-refractivity contribution in [2.45, 2.75) is 11.8 Å². The minimum absolute atomic E-state index is 0.0100. The van der Waals surface area contributed by atoms with Gasteiger partial charge in [-0.05, 0) is 48.0 Å². The molecule has 0 aromatic heterocycles. The van der Waals surface area contributed by atoms with Crippen molar-refractivity contribution in [2.75, 3.05) is 5.32 Å². The molecule has 0 bridgehead atoms. The van der Waals surface area contributed by atoms with Crippen molar-refractivity contribution in [3.8, 4) is 5.75 Å². The number of imide groups is 2. The summed E-state index contributed by atoms with van der Waals surface area (Å²) in [5.74, 6) is -1.95. The molecular formula is C19H15N3O7S. The fourth-order valence-corrected chi connectivity index (χ4v) is 3.41. The Bertz CT molecular complexity index is 1150. The van der Waals surface area contributed by atoms with E-state index in [-0.39, 0.29) is 22.1 Å². The monoisotopic (exact) mass is 429 g/mol. The van der Waals surface area contributed by atoms with E-state index in [1.807, 2.05) is 10.6 Å². The summed E-state index contributed by atoms with van der Waals surface area (Å²) in [4.78, 5) is 45.4. The first-order valence-corrected chi connectivity index (χ1v) is 9.85. The molecule has 10 nitrogen and oxygen atoms in total. The van der Waals surface area contributed by atoms with E-state index >= 15 is 0 Å². The zero-order valence-electron chi connectivity index (χ0n) is 15.5. The summed E-state index contributed by atoms with van der Waals surface area (Å²) < 4.78 is 29.9. The minimum Gasteiger partial charge on any atom is -0.379 e. The van der Waals surface area contributed by atoms with Gasteiger partial charge in [0.2, 0.25) is 5.91 Å². The van der Waals surface area contributed by atoms with Crippen LogP contribution in [0.3, 0.4) is 0 Å². The second kappa shape index (κ2) is 8.17. The van der Waals surface area contributed by atoms with Crippen LogP contribution in [0.2, 0.25) is 0 Å². The van der Waals surface area contributed by atoms with Gasteiger partial charge in [-0.15, -0.1) is 0 Å². The number of urea groups is 1. The van der Waals surface area contributed by atoms with Gasteiger partial charge in [-0.25, -0.2) is 4.79 Å². The smallest absolute Gasteiger partial charge is 0.339 e.